The molecule has 0 bridgehead atoms. The molecule has 0 spiro atoms. The molecule has 4 rings (SSSR count). The molecule has 1 aromatic heterocycles. The van der Waals surface area contributed by atoms with E-state index in [1.807, 2.05) is 66.9 Å². The van der Waals surface area contributed by atoms with E-state index in [4.69, 9.17) is 4.74 Å². The topological polar surface area (TPSA) is 47.0 Å². The summed E-state index contributed by atoms with van der Waals surface area (Å²) in [5.41, 5.74) is 1.98. The summed E-state index contributed by atoms with van der Waals surface area (Å²) >= 11 is 0. The Morgan fingerprint density at radius 3 is 2.31 bits per heavy atom. The van der Waals surface area contributed by atoms with Crippen LogP contribution in [0.1, 0.15) is 32.1 Å². The minimum atomic E-state index is 0.501. The highest BCUT2D eigenvalue weighted by Gasteiger charge is 2.14. The van der Waals surface area contributed by atoms with Gasteiger partial charge in [0.1, 0.15) is 11.5 Å². The first-order chi connectivity index (χ1) is 12.9. The normalized spacial score (nSPS) is 14.8. The molecular formula is C22H23N3O. The Bertz CT molecular complexity index is 828. The van der Waals surface area contributed by atoms with Gasteiger partial charge in [-0.3, -0.25) is 0 Å². The minimum absolute atomic E-state index is 0.501. The van der Waals surface area contributed by atoms with Crippen LogP contribution in [0.25, 0.3) is 11.3 Å². The van der Waals surface area contributed by atoms with Crippen LogP contribution in [0.5, 0.6) is 11.5 Å². The molecule has 0 radical (unpaired) electrons. The van der Waals surface area contributed by atoms with Gasteiger partial charge in [0.15, 0.2) is 0 Å². The van der Waals surface area contributed by atoms with E-state index in [0.29, 0.717) is 6.04 Å². The van der Waals surface area contributed by atoms with Crippen LogP contribution in [0.2, 0.25) is 0 Å². The Kier molecular flexibility index (Phi) is 5.10. The average Bonchev–Trinajstić information content (AvgIpc) is 2.70. The number of nitrogens with one attached hydrogen (secondary N) is 1. The van der Waals surface area contributed by atoms with E-state index in [1.165, 1.54) is 32.1 Å². The maximum Gasteiger partial charge on any atom is 0.223 e. The molecule has 132 valence electrons. The number of hydrogen-bond acceptors (Lipinski definition) is 4. The summed E-state index contributed by atoms with van der Waals surface area (Å²) < 4.78 is 5.85. The molecule has 0 unspecified atom stereocenters. The van der Waals surface area contributed by atoms with Crippen LogP contribution >= 0.6 is 0 Å². The Labute approximate surface area is 154 Å². The minimum Gasteiger partial charge on any atom is -0.457 e. The Balaban J connectivity index is 1.46. The number of hydrogen-bond donors (Lipinski definition) is 1. The number of para-hydroxylation sites is 1. The maximum atomic E-state index is 5.85. The summed E-state index contributed by atoms with van der Waals surface area (Å²) in [4.78, 5) is 9.07. The number of nitrogens with zero attached hydrogens (tertiary/aromatic N) is 2. The molecule has 3 aromatic rings. The summed E-state index contributed by atoms with van der Waals surface area (Å²) in [6.07, 6.45) is 8.16. The predicted molar refractivity (Wildman–Crippen MR) is 104 cm³/mol. The van der Waals surface area contributed by atoms with E-state index in [1.54, 1.807) is 0 Å². The van der Waals surface area contributed by atoms with E-state index in [0.717, 1.165) is 28.7 Å². The molecule has 0 aliphatic heterocycles. The molecule has 2 aromatic carbocycles. The van der Waals surface area contributed by atoms with Gasteiger partial charge in [-0.05, 0) is 55.3 Å². The zero-order valence-electron chi connectivity index (χ0n) is 14.8. The summed E-state index contributed by atoms with van der Waals surface area (Å²) in [5.74, 6) is 2.37. The lowest BCUT2D eigenvalue weighted by Gasteiger charge is -2.22. The van der Waals surface area contributed by atoms with Gasteiger partial charge >= 0.3 is 0 Å². The molecule has 0 saturated heterocycles. The number of rotatable bonds is 5. The Hall–Kier alpha value is -2.88. The quantitative estimate of drug-likeness (QED) is 0.646. The van der Waals surface area contributed by atoms with Crippen LogP contribution in [-0.4, -0.2) is 16.0 Å². The van der Waals surface area contributed by atoms with E-state index in [-0.39, 0.29) is 0 Å². The number of ether oxygens (including phenoxy) is 1. The summed E-state index contributed by atoms with van der Waals surface area (Å²) in [5, 5.41) is 3.49. The molecule has 26 heavy (non-hydrogen) atoms. The number of benzene rings is 2. The van der Waals surface area contributed by atoms with Gasteiger partial charge in [0, 0.05) is 17.8 Å². The highest BCUT2D eigenvalue weighted by Crippen LogP contribution is 2.26. The van der Waals surface area contributed by atoms with E-state index in [9.17, 15) is 0 Å². The van der Waals surface area contributed by atoms with E-state index in [2.05, 4.69) is 15.3 Å². The van der Waals surface area contributed by atoms with Crippen LogP contribution in [0, 0.1) is 0 Å². The third-order valence-corrected chi connectivity index (χ3v) is 4.72. The fourth-order valence-corrected chi connectivity index (χ4v) is 3.34. The second kappa shape index (κ2) is 8.00. The Morgan fingerprint density at radius 1 is 0.808 bits per heavy atom. The second-order valence-electron chi connectivity index (χ2n) is 6.68. The molecular weight excluding hydrogens is 322 g/mol. The molecule has 1 saturated carbocycles. The van der Waals surface area contributed by atoms with Gasteiger partial charge in [0.05, 0.1) is 5.69 Å². The van der Waals surface area contributed by atoms with Gasteiger partial charge in [0.2, 0.25) is 5.95 Å². The van der Waals surface area contributed by atoms with Crippen molar-refractivity contribution in [2.45, 2.75) is 38.1 Å². The Morgan fingerprint density at radius 2 is 1.54 bits per heavy atom. The van der Waals surface area contributed by atoms with Crippen molar-refractivity contribution < 1.29 is 4.74 Å². The van der Waals surface area contributed by atoms with Crippen LogP contribution in [0.15, 0.2) is 66.9 Å². The lowest BCUT2D eigenvalue weighted by Crippen LogP contribution is -2.23. The second-order valence-corrected chi connectivity index (χ2v) is 6.68. The lowest BCUT2D eigenvalue weighted by atomic mass is 9.96. The molecule has 1 N–H and O–H groups in total. The van der Waals surface area contributed by atoms with Crippen LogP contribution < -0.4 is 10.1 Å². The SMILES string of the molecule is c1ccc(Oc2ccc(-c3ccnc(NC4CCCCC4)n3)cc2)cc1. The summed E-state index contributed by atoms with van der Waals surface area (Å²) in [6.45, 7) is 0. The molecule has 4 heteroatoms. The summed E-state index contributed by atoms with van der Waals surface area (Å²) in [6, 6.07) is 20.2. The molecule has 0 amide bonds. The lowest BCUT2D eigenvalue weighted by molar-refractivity contribution is 0.461. The highest BCUT2D eigenvalue weighted by atomic mass is 16.5. The van der Waals surface area contributed by atoms with Gasteiger partial charge in [-0.2, -0.15) is 0 Å². The predicted octanol–water partition coefficient (Wildman–Crippen LogP) is 5.68. The highest BCUT2D eigenvalue weighted by molar-refractivity contribution is 5.61. The van der Waals surface area contributed by atoms with Gasteiger partial charge in [-0.15, -0.1) is 0 Å². The van der Waals surface area contributed by atoms with Crippen LogP contribution in [0.3, 0.4) is 0 Å². The zero-order valence-corrected chi connectivity index (χ0v) is 14.8. The van der Waals surface area contributed by atoms with Crippen LogP contribution in [0.4, 0.5) is 5.95 Å². The van der Waals surface area contributed by atoms with Crippen molar-refractivity contribution in [3.05, 3.63) is 66.9 Å². The van der Waals surface area contributed by atoms with Crippen molar-refractivity contribution in [1.29, 1.82) is 0 Å². The largest absolute Gasteiger partial charge is 0.457 e. The van der Waals surface area contributed by atoms with E-state index < -0.39 is 0 Å². The molecule has 1 heterocycles. The zero-order chi connectivity index (χ0) is 17.6. The molecule has 1 aliphatic carbocycles. The third-order valence-electron chi connectivity index (χ3n) is 4.72. The van der Waals surface area contributed by atoms with Crippen molar-refractivity contribution in [2.24, 2.45) is 0 Å². The molecule has 1 fully saturated rings. The fraction of sp³-hybridized carbons (Fsp3) is 0.273. The van der Waals surface area contributed by atoms with Gasteiger partial charge in [-0.25, -0.2) is 9.97 Å². The number of aromatic nitrogens is 2. The van der Waals surface area contributed by atoms with Gasteiger partial charge in [-0.1, -0.05) is 37.5 Å². The first-order valence-electron chi connectivity index (χ1n) is 9.30. The molecule has 4 nitrogen and oxygen atoms in total. The first kappa shape index (κ1) is 16.6. The smallest absolute Gasteiger partial charge is 0.223 e. The van der Waals surface area contributed by atoms with Crippen LogP contribution in [-0.2, 0) is 0 Å². The van der Waals surface area contributed by atoms with E-state index >= 15 is 0 Å². The molecule has 1 aliphatic rings. The van der Waals surface area contributed by atoms with Crippen molar-refractivity contribution in [3.8, 4) is 22.8 Å². The average molecular weight is 345 g/mol. The maximum absolute atomic E-state index is 5.85. The monoisotopic (exact) mass is 345 g/mol. The van der Waals surface area contributed by atoms with Gasteiger partial charge in [0.25, 0.3) is 0 Å². The van der Waals surface area contributed by atoms with Crippen molar-refractivity contribution in [1.82, 2.24) is 9.97 Å². The van der Waals surface area contributed by atoms with Crippen molar-refractivity contribution in [2.75, 3.05) is 5.32 Å². The number of anilines is 1. The molecule has 0 atom stereocenters. The first-order valence-corrected chi connectivity index (χ1v) is 9.30. The van der Waals surface area contributed by atoms with Gasteiger partial charge < -0.3 is 10.1 Å². The van der Waals surface area contributed by atoms with Crippen molar-refractivity contribution in [3.63, 3.8) is 0 Å². The van der Waals surface area contributed by atoms with Crippen molar-refractivity contribution >= 4 is 5.95 Å². The fourth-order valence-electron chi connectivity index (χ4n) is 3.34. The standard InChI is InChI=1S/C22H23N3O/c1-3-7-18(8-4-1)24-22-23-16-15-21(25-22)17-11-13-20(14-12-17)26-19-9-5-2-6-10-19/h2,5-6,9-16,18H,1,3-4,7-8H2,(H,23,24,25). The summed E-state index contributed by atoms with van der Waals surface area (Å²) in [7, 11) is 0. The third kappa shape index (κ3) is 4.20.